The van der Waals surface area contributed by atoms with Gasteiger partial charge in [-0.05, 0) is 60.7 Å². The fourth-order valence-electron chi connectivity index (χ4n) is 7.19. The minimum Gasteiger partial charge on any atom is -0.456 e. The van der Waals surface area contributed by atoms with E-state index in [1.165, 1.54) is 0 Å². The van der Waals surface area contributed by atoms with Crippen LogP contribution in [-0.4, -0.2) is 4.98 Å². The first-order valence-corrected chi connectivity index (χ1v) is 16.6. The number of nitrogens with zero attached hydrogens (tertiary/aromatic N) is 3. The fourth-order valence-corrected chi connectivity index (χ4v) is 7.19. The lowest BCUT2D eigenvalue weighted by atomic mass is 10.1. The van der Waals surface area contributed by atoms with Gasteiger partial charge in [-0.15, -0.1) is 0 Å². The Morgan fingerprint density at radius 1 is 0.373 bits per heavy atom. The zero-order valence-electron chi connectivity index (χ0n) is 26.8. The Hall–Kier alpha value is -7.19. The number of rotatable bonds is 6. The summed E-state index contributed by atoms with van der Waals surface area (Å²) in [5.74, 6) is 1.93. The zero-order valence-corrected chi connectivity index (χ0v) is 26.8. The number of benzene rings is 5. The van der Waals surface area contributed by atoms with Crippen molar-refractivity contribution >= 4 is 100 Å². The Bertz CT molecular complexity index is 2850. The van der Waals surface area contributed by atoms with E-state index < -0.39 is 0 Å². The lowest BCUT2D eigenvalue weighted by Crippen LogP contribution is -2.10. The monoisotopic (exact) mass is 663 g/mol. The van der Waals surface area contributed by atoms with Gasteiger partial charge in [0.15, 0.2) is 0 Å². The largest absolute Gasteiger partial charge is 0.456 e. The van der Waals surface area contributed by atoms with Crippen molar-refractivity contribution in [1.82, 2.24) is 4.98 Å². The third-order valence-electron chi connectivity index (χ3n) is 9.51. The molecule has 11 rings (SSSR count). The molecule has 0 radical (unpaired) electrons. The van der Waals surface area contributed by atoms with Crippen LogP contribution in [0.1, 0.15) is 0 Å². The Balaban J connectivity index is 1.02. The second-order valence-electron chi connectivity index (χ2n) is 12.5. The predicted octanol–water partition coefficient (Wildman–Crippen LogP) is 12.9. The second kappa shape index (κ2) is 10.7. The van der Waals surface area contributed by atoms with Crippen LogP contribution >= 0.6 is 0 Å². The molecular weight excluding hydrogens is 638 g/mol. The molecule has 0 aliphatic heterocycles. The first-order chi connectivity index (χ1) is 25.2. The second-order valence-corrected chi connectivity index (χ2v) is 12.5. The summed E-state index contributed by atoms with van der Waals surface area (Å²) in [5, 5.41) is 6.12. The van der Waals surface area contributed by atoms with Crippen molar-refractivity contribution < 1.29 is 22.1 Å². The van der Waals surface area contributed by atoms with Gasteiger partial charge in [0.25, 0.3) is 0 Å². The molecule has 51 heavy (non-hydrogen) atoms. The maximum absolute atomic E-state index is 6.57. The van der Waals surface area contributed by atoms with Gasteiger partial charge in [0.1, 0.15) is 39.3 Å². The summed E-state index contributed by atoms with van der Waals surface area (Å²) >= 11 is 0. The summed E-state index contributed by atoms with van der Waals surface area (Å²) in [6.45, 7) is 0. The van der Waals surface area contributed by atoms with Gasteiger partial charge in [-0.3, -0.25) is 9.80 Å². The standard InChI is InChI=1S/C43H25N3O5/c1-3-9-35-29(7-1)31-16-13-26(21-37(31)49-35)45(42-11-5-19-47-42)27-14-18-33-34-25-44-41(24-40(34)51-39(33)22-27)46(43-12-6-20-48-43)28-15-17-32-30-8-2-4-10-36(30)50-38(32)23-28/h1-25H. The summed E-state index contributed by atoms with van der Waals surface area (Å²) in [5.41, 5.74) is 7.30. The summed E-state index contributed by atoms with van der Waals surface area (Å²) in [6.07, 6.45) is 5.18. The quantitative estimate of drug-likeness (QED) is 0.174. The van der Waals surface area contributed by atoms with Gasteiger partial charge >= 0.3 is 0 Å². The van der Waals surface area contributed by atoms with Crippen LogP contribution < -0.4 is 9.80 Å². The SMILES string of the molecule is c1coc(N(c2ccc3c(c2)oc2ccccc23)c2ccc3c(c2)oc2cc(N(c4ccc5c(c4)oc4ccccc45)c4ccco4)ncc23)c1. The summed E-state index contributed by atoms with van der Waals surface area (Å²) in [4.78, 5) is 8.92. The van der Waals surface area contributed by atoms with Crippen LogP contribution in [0.2, 0.25) is 0 Å². The zero-order chi connectivity index (χ0) is 33.5. The molecule has 5 aromatic carbocycles. The van der Waals surface area contributed by atoms with Crippen LogP contribution in [0.25, 0.3) is 65.8 Å². The number of anilines is 6. The summed E-state index contributed by atoms with van der Waals surface area (Å²) in [7, 11) is 0. The highest BCUT2D eigenvalue weighted by Gasteiger charge is 2.22. The van der Waals surface area contributed by atoms with Crippen LogP contribution in [0.4, 0.5) is 34.6 Å². The minimum absolute atomic E-state index is 0.617. The molecule has 11 aromatic rings. The normalized spacial score (nSPS) is 11.9. The Morgan fingerprint density at radius 2 is 0.824 bits per heavy atom. The number of fused-ring (bicyclic) bond motifs is 9. The van der Waals surface area contributed by atoms with Crippen molar-refractivity contribution in [3.05, 3.63) is 152 Å². The predicted molar refractivity (Wildman–Crippen MR) is 200 cm³/mol. The van der Waals surface area contributed by atoms with Crippen molar-refractivity contribution in [3.63, 3.8) is 0 Å². The summed E-state index contributed by atoms with van der Waals surface area (Å²) < 4.78 is 30.9. The highest BCUT2D eigenvalue weighted by atomic mass is 16.4. The topological polar surface area (TPSA) is 85.1 Å². The molecule has 0 unspecified atom stereocenters. The number of aromatic nitrogens is 1. The number of furan rings is 5. The Labute approximate surface area is 288 Å². The Morgan fingerprint density at radius 3 is 1.37 bits per heavy atom. The Kier molecular flexibility index (Phi) is 5.79. The maximum Gasteiger partial charge on any atom is 0.205 e. The molecule has 0 atom stereocenters. The molecule has 0 saturated heterocycles. The van der Waals surface area contributed by atoms with E-state index >= 15 is 0 Å². The molecule has 8 nitrogen and oxygen atoms in total. The van der Waals surface area contributed by atoms with Gasteiger partial charge in [0, 0.05) is 74.9 Å². The van der Waals surface area contributed by atoms with Gasteiger partial charge < -0.3 is 22.1 Å². The smallest absolute Gasteiger partial charge is 0.205 e. The van der Waals surface area contributed by atoms with Gasteiger partial charge in [-0.2, -0.15) is 0 Å². The fraction of sp³-hybridized carbons (Fsp3) is 0. The van der Waals surface area contributed by atoms with Crippen molar-refractivity contribution in [2.45, 2.75) is 0 Å². The van der Waals surface area contributed by atoms with Crippen LogP contribution in [0.3, 0.4) is 0 Å². The molecule has 0 fully saturated rings. The molecule has 0 spiro atoms. The van der Waals surface area contributed by atoms with E-state index in [0.717, 1.165) is 77.3 Å². The van der Waals surface area contributed by atoms with Gasteiger partial charge in [-0.25, -0.2) is 4.98 Å². The van der Waals surface area contributed by atoms with Crippen LogP contribution in [0.15, 0.2) is 174 Å². The molecule has 0 bridgehead atoms. The molecule has 6 heterocycles. The average Bonchev–Trinajstić information content (AvgIpc) is 4.01. The number of para-hydroxylation sites is 2. The van der Waals surface area contributed by atoms with Crippen LogP contribution in [-0.2, 0) is 0 Å². The molecule has 0 aliphatic rings. The lowest BCUT2D eigenvalue weighted by Gasteiger charge is -2.22. The molecule has 6 aromatic heterocycles. The van der Waals surface area contributed by atoms with Crippen molar-refractivity contribution in [2.24, 2.45) is 0 Å². The average molecular weight is 664 g/mol. The highest BCUT2D eigenvalue weighted by molar-refractivity contribution is 6.09. The van der Waals surface area contributed by atoms with Crippen molar-refractivity contribution in [1.29, 1.82) is 0 Å². The van der Waals surface area contributed by atoms with E-state index in [0.29, 0.717) is 23.2 Å². The van der Waals surface area contributed by atoms with Gasteiger partial charge in [-0.1, -0.05) is 36.4 Å². The van der Waals surface area contributed by atoms with Crippen LogP contribution in [0.5, 0.6) is 0 Å². The van der Waals surface area contributed by atoms with E-state index in [4.69, 9.17) is 27.1 Å². The molecular formula is C43H25N3O5. The van der Waals surface area contributed by atoms with Gasteiger partial charge in [0.05, 0.1) is 29.6 Å². The van der Waals surface area contributed by atoms with Crippen molar-refractivity contribution in [3.8, 4) is 0 Å². The first kappa shape index (κ1) is 27.7. The minimum atomic E-state index is 0.617. The molecule has 242 valence electrons. The lowest BCUT2D eigenvalue weighted by molar-refractivity contribution is 0.573. The van der Waals surface area contributed by atoms with E-state index in [-0.39, 0.29) is 0 Å². The van der Waals surface area contributed by atoms with Gasteiger partial charge in [0.2, 0.25) is 11.8 Å². The number of hydrogen-bond acceptors (Lipinski definition) is 8. The number of pyridine rings is 1. The summed E-state index contributed by atoms with van der Waals surface area (Å²) in [6, 6.07) is 44.2. The molecule has 0 amide bonds. The molecule has 0 saturated carbocycles. The van der Waals surface area contributed by atoms with E-state index in [1.54, 1.807) is 12.5 Å². The third-order valence-corrected chi connectivity index (χ3v) is 9.51. The molecule has 8 heteroatoms. The highest BCUT2D eigenvalue weighted by Crippen LogP contribution is 2.43. The third kappa shape index (κ3) is 4.30. The van der Waals surface area contributed by atoms with E-state index in [1.807, 2.05) is 96.0 Å². The van der Waals surface area contributed by atoms with Crippen LogP contribution in [0, 0.1) is 0 Å². The van der Waals surface area contributed by atoms with E-state index in [2.05, 4.69) is 53.4 Å². The number of hydrogen-bond donors (Lipinski definition) is 0. The molecule has 0 aliphatic carbocycles. The maximum atomic E-state index is 6.57. The van der Waals surface area contributed by atoms with Crippen molar-refractivity contribution in [2.75, 3.05) is 9.80 Å². The van der Waals surface area contributed by atoms with E-state index in [9.17, 15) is 0 Å². The first-order valence-electron chi connectivity index (χ1n) is 16.6. The molecule has 0 N–H and O–H groups in total.